The number of ether oxygens (including phenoxy) is 1. The monoisotopic (exact) mass is 201 g/mol. The molecule has 0 amide bonds. The van der Waals surface area contributed by atoms with Crippen LogP contribution in [0, 0.1) is 18.3 Å². The van der Waals surface area contributed by atoms with Crippen molar-refractivity contribution < 1.29 is 4.74 Å². The fourth-order valence-electron chi connectivity index (χ4n) is 2.05. The standard InChI is InChI=1S/C13H15NO/c1-11-3-5-12(6-4-11)13(9-14)7-2-8-15-10-13/h3-6H,2,7-8,10H2,1H3/t13-/m1/s1. The van der Waals surface area contributed by atoms with Gasteiger partial charge in [0.05, 0.1) is 12.7 Å². The van der Waals surface area contributed by atoms with Crippen LogP contribution in [0.2, 0.25) is 0 Å². The molecular weight excluding hydrogens is 186 g/mol. The average molecular weight is 201 g/mol. The van der Waals surface area contributed by atoms with E-state index >= 15 is 0 Å². The third kappa shape index (κ3) is 1.88. The molecule has 1 atom stereocenters. The summed E-state index contributed by atoms with van der Waals surface area (Å²) in [6.45, 7) is 3.38. The summed E-state index contributed by atoms with van der Waals surface area (Å²) in [5, 5.41) is 9.33. The Bertz CT molecular complexity index is 369. The third-order valence-electron chi connectivity index (χ3n) is 3.06. The van der Waals surface area contributed by atoms with E-state index in [-0.39, 0.29) is 0 Å². The zero-order valence-corrected chi connectivity index (χ0v) is 8.99. The summed E-state index contributed by atoms with van der Waals surface area (Å²) >= 11 is 0. The molecule has 1 aromatic carbocycles. The van der Waals surface area contributed by atoms with Crippen LogP contribution in [0.4, 0.5) is 0 Å². The summed E-state index contributed by atoms with van der Waals surface area (Å²) in [7, 11) is 0. The van der Waals surface area contributed by atoms with Crippen LogP contribution < -0.4 is 0 Å². The molecule has 0 N–H and O–H groups in total. The minimum absolute atomic E-state index is 0.411. The number of hydrogen-bond acceptors (Lipinski definition) is 2. The van der Waals surface area contributed by atoms with Crippen molar-refractivity contribution in [3.8, 4) is 6.07 Å². The van der Waals surface area contributed by atoms with Gasteiger partial charge in [0.2, 0.25) is 0 Å². The first-order chi connectivity index (χ1) is 7.27. The van der Waals surface area contributed by atoms with Crippen LogP contribution in [0.5, 0.6) is 0 Å². The molecule has 1 aliphatic heterocycles. The molecule has 1 saturated heterocycles. The van der Waals surface area contributed by atoms with Crippen molar-refractivity contribution in [1.82, 2.24) is 0 Å². The molecule has 78 valence electrons. The van der Waals surface area contributed by atoms with E-state index in [4.69, 9.17) is 4.74 Å². The summed E-state index contributed by atoms with van der Waals surface area (Å²) in [6, 6.07) is 10.6. The molecule has 2 rings (SSSR count). The van der Waals surface area contributed by atoms with Gasteiger partial charge >= 0.3 is 0 Å². The predicted octanol–water partition coefficient (Wildman–Crippen LogP) is 2.57. The quantitative estimate of drug-likeness (QED) is 0.699. The van der Waals surface area contributed by atoms with Crippen molar-refractivity contribution >= 4 is 0 Å². The first-order valence-electron chi connectivity index (χ1n) is 5.33. The maximum absolute atomic E-state index is 9.33. The Kier molecular flexibility index (Phi) is 2.75. The number of aryl methyl sites for hydroxylation is 1. The van der Waals surface area contributed by atoms with Crippen LogP contribution in [0.25, 0.3) is 0 Å². The molecule has 0 aromatic heterocycles. The second kappa shape index (κ2) is 4.04. The van der Waals surface area contributed by atoms with Crippen LogP contribution in [-0.4, -0.2) is 13.2 Å². The molecule has 1 aromatic rings. The SMILES string of the molecule is Cc1ccc([C@@]2(C#N)CCCOC2)cc1. The van der Waals surface area contributed by atoms with Gasteiger partial charge in [0.15, 0.2) is 0 Å². The molecule has 0 radical (unpaired) electrons. The summed E-state index contributed by atoms with van der Waals surface area (Å²) in [5.41, 5.74) is 1.91. The third-order valence-corrected chi connectivity index (χ3v) is 3.06. The Morgan fingerprint density at radius 1 is 1.33 bits per heavy atom. The number of rotatable bonds is 1. The first kappa shape index (κ1) is 10.2. The van der Waals surface area contributed by atoms with Crippen LogP contribution >= 0.6 is 0 Å². The summed E-state index contributed by atoms with van der Waals surface area (Å²) in [6.07, 6.45) is 1.88. The van der Waals surface area contributed by atoms with Crippen molar-refractivity contribution in [2.75, 3.05) is 13.2 Å². The Hall–Kier alpha value is -1.33. The second-order valence-electron chi connectivity index (χ2n) is 4.22. The zero-order valence-electron chi connectivity index (χ0n) is 8.99. The summed E-state index contributed by atoms with van der Waals surface area (Å²) < 4.78 is 5.44. The number of benzene rings is 1. The van der Waals surface area contributed by atoms with Crippen LogP contribution in [0.15, 0.2) is 24.3 Å². The van der Waals surface area contributed by atoms with E-state index in [1.54, 1.807) is 0 Å². The Morgan fingerprint density at radius 3 is 2.60 bits per heavy atom. The second-order valence-corrected chi connectivity index (χ2v) is 4.22. The molecular formula is C13H15NO. The topological polar surface area (TPSA) is 33.0 Å². The molecule has 1 aliphatic rings. The highest BCUT2D eigenvalue weighted by molar-refractivity contribution is 5.34. The lowest BCUT2D eigenvalue weighted by Gasteiger charge is -2.31. The lowest BCUT2D eigenvalue weighted by atomic mass is 9.77. The Balaban J connectivity index is 2.33. The smallest absolute Gasteiger partial charge is 0.106 e. The number of hydrogen-bond donors (Lipinski definition) is 0. The van der Waals surface area contributed by atoms with E-state index in [9.17, 15) is 5.26 Å². The van der Waals surface area contributed by atoms with E-state index in [0.29, 0.717) is 6.61 Å². The van der Waals surface area contributed by atoms with Crippen LogP contribution in [-0.2, 0) is 10.2 Å². The van der Waals surface area contributed by atoms with Crippen molar-refractivity contribution in [3.05, 3.63) is 35.4 Å². The van der Waals surface area contributed by atoms with Crippen molar-refractivity contribution in [2.24, 2.45) is 0 Å². The minimum Gasteiger partial charge on any atom is -0.379 e. The van der Waals surface area contributed by atoms with Crippen molar-refractivity contribution in [2.45, 2.75) is 25.2 Å². The maximum Gasteiger partial charge on any atom is 0.106 e. The Morgan fingerprint density at radius 2 is 2.07 bits per heavy atom. The largest absolute Gasteiger partial charge is 0.379 e. The van der Waals surface area contributed by atoms with Gasteiger partial charge in [0.1, 0.15) is 5.41 Å². The van der Waals surface area contributed by atoms with Gasteiger partial charge < -0.3 is 4.74 Å². The molecule has 0 unspecified atom stereocenters. The van der Waals surface area contributed by atoms with Crippen molar-refractivity contribution in [3.63, 3.8) is 0 Å². The highest BCUT2D eigenvalue weighted by atomic mass is 16.5. The highest BCUT2D eigenvalue weighted by Crippen LogP contribution is 2.32. The molecule has 0 aliphatic carbocycles. The highest BCUT2D eigenvalue weighted by Gasteiger charge is 2.34. The molecule has 2 nitrogen and oxygen atoms in total. The summed E-state index contributed by atoms with van der Waals surface area (Å²) in [4.78, 5) is 0. The van der Waals surface area contributed by atoms with E-state index in [1.807, 2.05) is 12.1 Å². The van der Waals surface area contributed by atoms with Gasteiger partial charge in [0, 0.05) is 6.61 Å². The average Bonchev–Trinajstić information content (AvgIpc) is 2.31. The maximum atomic E-state index is 9.33. The fraction of sp³-hybridized carbons (Fsp3) is 0.462. The zero-order chi connectivity index (χ0) is 10.7. The van der Waals surface area contributed by atoms with E-state index < -0.39 is 5.41 Å². The number of nitriles is 1. The van der Waals surface area contributed by atoms with E-state index in [0.717, 1.165) is 25.0 Å². The molecule has 1 fully saturated rings. The molecule has 0 bridgehead atoms. The van der Waals surface area contributed by atoms with Gasteiger partial charge in [-0.25, -0.2) is 0 Å². The number of nitrogens with zero attached hydrogens (tertiary/aromatic N) is 1. The van der Waals surface area contributed by atoms with Gasteiger partial charge in [-0.3, -0.25) is 0 Å². The minimum atomic E-state index is -0.411. The van der Waals surface area contributed by atoms with E-state index in [1.165, 1.54) is 5.56 Å². The fourth-order valence-corrected chi connectivity index (χ4v) is 2.05. The predicted molar refractivity (Wildman–Crippen MR) is 58.5 cm³/mol. The Labute approximate surface area is 90.5 Å². The normalized spacial score (nSPS) is 25.9. The van der Waals surface area contributed by atoms with Crippen molar-refractivity contribution in [1.29, 1.82) is 5.26 Å². The van der Waals surface area contributed by atoms with Gasteiger partial charge in [-0.05, 0) is 25.3 Å². The van der Waals surface area contributed by atoms with Crippen LogP contribution in [0.3, 0.4) is 0 Å². The molecule has 0 spiro atoms. The lowest BCUT2D eigenvalue weighted by molar-refractivity contribution is 0.0563. The van der Waals surface area contributed by atoms with Crippen LogP contribution in [0.1, 0.15) is 24.0 Å². The van der Waals surface area contributed by atoms with Gasteiger partial charge in [-0.15, -0.1) is 0 Å². The van der Waals surface area contributed by atoms with Gasteiger partial charge in [-0.2, -0.15) is 5.26 Å². The lowest BCUT2D eigenvalue weighted by Crippen LogP contribution is -2.34. The summed E-state index contributed by atoms with van der Waals surface area (Å²) in [5.74, 6) is 0. The molecule has 2 heteroatoms. The molecule has 1 heterocycles. The van der Waals surface area contributed by atoms with Gasteiger partial charge in [0.25, 0.3) is 0 Å². The molecule has 15 heavy (non-hydrogen) atoms. The first-order valence-corrected chi connectivity index (χ1v) is 5.33. The van der Waals surface area contributed by atoms with E-state index in [2.05, 4.69) is 25.1 Å². The molecule has 0 saturated carbocycles. The van der Waals surface area contributed by atoms with Gasteiger partial charge in [-0.1, -0.05) is 29.8 Å².